The molecular weight excluding hydrogens is 516 g/mol. The minimum Gasteiger partial charge on any atom is -0.466 e. The first-order valence-electron chi connectivity index (χ1n) is 14.6. The highest BCUT2D eigenvalue weighted by molar-refractivity contribution is 6.02. The van der Waals surface area contributed by atoms with Gasteiger partial charge in [-0.25, -0.2) is 0 Å². The number of benzene rings is 3. The predicted molar refractivity (Wildman–Crippen MR) is 159 cm³/mol. The van der Waals surface area contributed by atoms with Gasteiger partial charge in [0.05, 0.1) is 31.1 Å². The maximum absolute atomic E-state index is 14.3. The summed E-state index contributed by atoms with van der Waals surface area (Å²) in [6.07, 6.45) is 5.90. The number of carbonyl (C=O) groups excluding carboxylic acids is 3. The largest absolute Gasteiger partial charge is 0.466 e. The van der Waals surface area contributed by atoms with Gasteiger partial charge in [0.1, 0.15) is 6.04 Å². The van der Waals surface area contributed by atoms with Crippen LogP contribution in [-0.4, -0.2) is 53.1 Å². The van der Waals surface area contributed by atoms with Crippen LogP contribution in [0.4, 0.5) is 5.69 Å². The summed E-state index contributed by atoms with van der Waals surface area (Å²) >= 11 is 0. The zero-order chi connectivity index (χ0) is 28.9. The molecule has 1 aliphatic heterocycles. The smallest absolute Gasteiger partial charge is 0.310 e. The number of carbonyl (C=O) groups is 3. The maximum atomic E-state index is 14.3. The lowest BCUT2D eigenvalue weighted by Gasteiger charge is -2.34. The molecule has 3 aromatic rings. The molecule has 2 N–H and O–H groups in total. The normalized spacial score (nSPS) is 24.2. The molecule has 1 aliphatic carbocycles. The Labute approximate surface area is 241 Å². The number of fused-ring (bicyclic) bond motifs is 2. The molecule has 2 amide bonds. The molecule has 0 bridgehead atoms. The fraction of sp³-hybridized carbons (Fsp3) is 0.382. The third-order valence-corrected chi connectivity index (χ3v) is 8.43. The minimum atomic E-state index is -0.893. The third-order valence-electron chi connectivity index (χ3n) is 8.43. The van der Waals surface area contributed by atoms with Gasteiger partial charge in [0.25, 0.3) is 0 Å². The quantitative estimate of drug-likeness (QED) is 0.272. The Kier molecular flexibility index (Phi) is 8.84. The van der Waals surface area contributed by atoms with E-state index in [9.17, 15) is 19.5 Å². The van der Waals surface area contributed by atoms with E-state index in [0.29, 0.717) is 12.1 Å². The van der Waals surface area contributed by atoms with E-state index < -0.39 is 35.8 Å². The van der Waals surface area contributed by atoms with Crippen LogP contribution in [0.2, 0.25) is 0 Å². The Morgan fingerprint density at radius 1 is 0.976 bits per heavy atom. The van der Waals surface area contributed by atoms with Gasteiger partial charge in [-0.15, -0.1) is 0 Å². The van der Waals surface area contributed by atoms with Crippen LogP contribution in [0.1, 0.15) is 32.3 Å². The number of allylic oxidation sites excluding steroid dienone is 1. The standard InChI is InChI=1S/C34H38N2O5/c1-3-10-24-16-18-28-30(29(24)34(40)41-4-2)33(39)36(27(21-37)19-22-11-6-5-7-12-22)31(28)32(38)35-26-17-15-23-13-8-9-14-25(23)20-26/h5-9,11-18,20,24,27-31,37H,3-4,10,19,21H2,1-2H3,(H,35,38)/t24-,27-,28+,29-,30-,31+/m1/s1. The summed E-state index contributed by atoms with van der Waals surface area (Å²) in [7, 11) is 0. The molecule has 0 aromatic heterocycles. The molecule has 1 fully saturated rings. The highest BCUT2D eigenvalue weighted by Crippen LogP contribution is 2.46. The van der Waals surface area contributed by atoms with Crippen LogP contribution in [-0.2, 0) is 25.5 Å². The van der Waals surface area contributed by atoms with Gasteiger partial charge in [0.2, 0.25) is 11.8 Å². The number of aliphatic hydroxyl groups is 1. The molecule has 7 heteroatoms. The van der Waals surface area contributed by atoms with E-state index >= 15 is 0 Å². The first kappa shape index (κ1) is 28.6. The van der Waals surface area contributed by atoms with E-state index in [0.717, 1.165) is 29.2 Å². The van der Waals surface area contributed by atoms with Crippen LogP contribution in [0, 0.1) is 23.7 Å². The van der Waals surface area contributed by atoms with Crippen molar-refractivity contribution in [3.05, 3.63) is 90.5 Å². The Morgan fingerprint density at radius 2 is 1.71 bits per heavy atom. The molecule has 0 unspecified atom stereocenters. The fourth-order valence-electron chi connectivity index (χ4n) is 6.63. The Balaban J connectivity index is 1.54. The van der Waals surface area contributed by atoms with Gasteiger partial charge in [-0.05, 0) is 54.2 Å². The van der Waals surface area contributed by atoms with Gasteiger partial charge in [0.15, 0.2) is 0 Å². The average Bonchev–Trinajstić information content (AvgIpc) is 3.28. The molecule has 5 rings (SSSR count). The lowest BCUT2D eigenvalue weighted by Crippen LogP contribution is -2.51. The van der Waals surface area contributed by atoms with E-state index in [1.807, 2.05) is 91.9 Å². The summed E-state index contributed by atoms with van der Waals surface area (Å²) in [4.78, 5) is 43.3. The van der Waals surface area contributed by atoms with E-state index in [4.69, 9.17) is 4.74 Å². The van der Waals surface area contributed by atoms with Gasteiger partial charge in [-0.1, -0.05) is 86.2 Å². The molecule has 0 saturated carbocycles. The van der Waals surface area contributed by atoms with Crippen LogP contribution in [0.25, 0.3) is 10.8 Å². The van der Waals surface area contributed by atoms with E-state index in [1.54, 1.807) is 11.8 Å². The minimum absolute atomic E-state index is 0.157. The van der Waals surface area contributed by atoms with E-state index in [-0.39, 0.29) is 30.9 Å². The van der Waals surface area contributed by atoms with Gasteiger partial charge >= 0.3 is 5.97 Å². The first-order chi connectivity index (χ1) is 20.0. The van der Waals surface area contributed by atoms with Crippen molar-refractivity contribution in [2.75, 3.05) is 18.5 Å². The average molecular weight is 555 g/mol. The third kappa shape index (κ3) is 5.77. The number of anilines is 1. The molecule has 214 valence electrons. The van der Waals surface area contributed by atoms with Crippen molar-refractivity contribution in [2.24, 2.45) is 23.7 Å². The summed E-state index contributed by atoms with van der Waals surface area (Å²) in [5, 5.41) is 15.7. The molecular formula is C34H38N2O5. The molecule has 0 spiro atoms. The molecule has 0 radical (unpaired) electrons. The summed E-state index contributed by atoms with van der Waals surface area (Å²) < 4.78 is 5.47. The molecule has 41 heavy (non-hydrogen) atoms. The van der Waals surface area contributed by atoms with E-state index in [1.165, 1.54) is 0 Å². The number of nitrogens with one attached hydrogen (secondary N) is 1. The summed E-state index contributed by atoms with van der Waals surface area (Å²) in [6.45, 7) is 3.71. The maximum Gasteiger partial charge on any atom is 0.310 e. The Bertz CT molecular complexity index is 1420. The number of amides is 2. The topological polar surface area (TPSA) is 95.9 Å². The van der Waals surface area contributed by atoms with Crippen molar-refractivity contribution in [1.29, 1.82) is 0 Å². The lowest BCUT2D eigenvalue weighted by molar-refractivity contribution is -0.156. The highest BCUT2D eigenvalue weighted by Gasteiger charge is 2.58. The second-order valence-corrected chi connectivity index (χ2v) is 11.0. The van der Waals surface area contributed by atoms with Crippen LogP contribution in [0.3, 0.4) is 0 Å². The van der Waals surface area contributed by atoms with Gasteiger partial charge in [0, 0.05) is 11.6 Å². The number of hydrogen-bond donors (Lipinski definition) is 2. The number of aliphatic hydroxyl groups excluding tert-OH is 1. The van der Waals surface area contributed by atoms with Crippen molar-refractivity contribution in [2.45, 2.75) is 45.2 Å². The highest BCUT2D eigenvalue weighted by atomic mass is 16.5. The van der Waals surface area contributed by atoms with Crippen molar-refractivity contribution in [3.63, 3.8) is 0 Å². The predicted octanol–water partition coefficient (Wildman–Crippen LogP) is 4.99. The zero-order valence-corrected chi connectivity index (χ0v) is 23.6. The fourth-order valence-corrected chi connectivity index (χ4v) is 6.63. The summed E-state index contributed by atoms with van der Waals surface area (Å²) in [6, 6.07) is 21.7. The second kappa shape index (κ2) is 12.7. The monoisotopic (exact) mass is 554 g/mol. The molecule has 1 saturated heterocycles. The number of likely N-dealkylation sites (tertiary alicyclic amines) is 1. The van der Waals surface area contributed by atoms with Crippen molar-refractivity contribution in [3.8, 4) is 0 Å². The molecule has 6 atom stereocenters. The summed E-state index contributed by atoms with van der Waals surface area (Å²) in [5.74, 6) is -3.15. The number of hydrogen-bond acceptors (Lipinski definition) is 5. The molecule has 7 nitrogen and oxygen atoms in total. The number of nitrogens with zero attached hydrogens (tertiary/aromatic N) is 1. The van der Waals surface area contributed by atoms with Gasteiger partial charge in [-0.2, -0.15) is 0 Å². The molecule has 3 aromatic carbocycles. The number of esters is 1. The van der Waals surface area contributed by atoms with Crippen LogP contribution < -0.4 is 5.32 Å². The van der Waals surface area contributed by atoms with Crippen molar-refractivity contribution in [1.82, 2.24) is 4.90 Å². The van der Waals surface area contributed by atoms with Gasteiger partial charge < -0.3 is 20.1 Å². The number of rotatable bonds is 10. The Hall–Kier alpha value is -3.97. The molecule has 1 heterocycles. The second-order valence-electron chi connectivity index (χ2n) is 11.0. The van der Waals surface area contributed by atoms with Gasteiger partial charge in [-0.3, -0.25) is 14.4 Å². The SMILES string of the molecule is CCC[C@@H]1C=C[C@H]2[C@@H](C(=O)N([C@@H](CO)Cc3ccccc3)[C@@H]2C(=O)Nc2ccc3ccccc3c2)[C@@H]1C(=O)OCC. The summed E-state index contributed by atoms with van der Waals surface area (Å²) in [5.41, 5.74) is 1.57. The van der Waals surface area contributed by atoms with Crippen LogP contribution in [0.5, 0.6) is 0 Å². The zero-order valence-electron chi connectivity index (χ0n) is 23.6. The van der Waals surface area contributed by atoms with Crippen molar-refractivity contribution < 1.29 is 24.2 Å². The Morgan fingerprint density at radius 3 is 2.41 bits per heavy atom. The molecule has 2 aliphatic rings. The number of ether oxygens (including phenoxy) is 1. The lowest BCUT2D eigenvalue weighted by atomic mass is 9.69. The first-order valence-corrected chi connectivity index (χ1v) is 14.6. The van der Waals surface area contributed by atoms with E-state index in [2.05, 4.69) is 5.32 Å². The van der Waals surface area contributed by atoms with Crippen molar-refractivity contribution >= 4 is 34.2 Å². The van der Waals surface area contributed by atoms with Crippen LogP contribution in [0.15, 0.2) is 84.9 Å². The van der Waals surface area contributed by atoms with Crippen LogP contribution >= 0.6 is 0 Å².